The van der Waals surface area contributed by atoms with Crippen LogP contribution in [0.3, 0.4) is 0 Å². The summed E-state index contributed by atoms with van der Waals surface area (Å²) in [7, 11) is -3.87. The number of rotatable bonds is 8. The van der Waals surface area contributed by atoms with Crippen molar-refractivity contribution in [2.45, 2.75) is 44.2 Å². The number of nitrogens with zero attached hydrogens (tertiary/aromatic N) is 4. The molecule has 1 unspecified atom stereocenters. The Morgan fingerprint density at radius 3 is 2.61 bits per heavy atom. The van der Waals surface area contributed by atoms with Crippen molar-refractivity contribution in [2.24, 2.45) is 0 Å². The lowest BCUT2D eigenvalue weighted by molar-refractivity contribution is 0.0541. The van der Waals surface area contributed by atoms with E-state index in [-0.39, 0.29) is 23.2 Å². The molecule has 0 aromatic carbocycles. The molecule has 2 heterocycles. The Hall–Kier alpha value is -1.81. The van der Waals surface area contributed by atoms with Crippen LogP contribution in [0.25, 0.3) is 0 Å². The molecular formula is C13H19F2N5O2S. The van der Waals surface area contributed by atoms with Gasteiger partial charge in [0.2, 0.25) is 10.0 Å². The van der Waals surface area contributed by atoms with E-state index in [0.717, 1.165) is 12.6 Å². The van der Waals surface area contributed by atoms with E-state index in [9.17, 15) is 17.2 Å². The van der Waals surface area contributed by atoms with Crippen molar-refractivity contribution in [1.29, 1.82) is 0 Å². The van der Waals surface area contributed by atoms with E-state index >= 15 is 0 Å². The normalized spacial score (nSPS) is 13.6. The Kier molecular flexibility index (Phi) is 5.47. The van der Waals surface area contributed by atoms with Crippen molar-refractivity contribution in [1.82, 2.24) is 24.3 Å². The molecule has 0 aliphatic rings. The Bertz CT molecular complexity index is 728. The minimum atomic E-state index is -3.87. The van der Waals surface area contributed by atoms with Gasteiger partial charge in [0.25, 0.3) is 0 Å². The lowest BCUT2D eigenvalue weighted by Crippen LogP contribution is -2.27. The second-order valence-corrected chi connectivity index (χ2v) is 6.79. The van der Waals surface area contributed by atoms with Gasteiger partial charge in [-0.25, -0.2) is 17.8 Å². The maximum atomic E-state index is 12.7. The first kappa shape index (κ1) is 17.5. The van der Waals surface area contributed by atoms with Crippen LogP contribution < -0.4 is 4.72 Å². The van der Waals surface area contributed by atoms with Crippen LogP contribution in [-0.4, -0.2) is 34.5 Å². The average Bonchev–Trinajstić information content (AvgIpc) is 3.13. The summed E-state index contributed by atoms with van der Waals surface area (Å²) in [6, 6.07) is 1.87. The average molecular weight is 347 g/mol. The van der Waals surface area contributed by atoms with Gasteiger partial charge in [-0.05, 0) is 25.8 Å². The molecule has 0 aliphatic heterocycles. The molecular weight excluding hydrogens is 328 g/mol. The van der Waals surface area contributed by atoms with E-state index in [4.69, 9.17) is 0 Å². The third kappa shape index (κ3) is 3.94. The molecule has 1 atom stereocenters. The zero-order chi connectivity index (χ0) is 17.0. The fourth-order valence-corrected chi connectivity index (χ4v) is 3.54. The Labute approximate surface area is 133 Å². The highest BCUT2D eigenvalue weighted by Gasteiger charge is 2.23. The van der Waals surface area contributed by atoms with Crippen LogP contribution in [0.1, 0.15) is 38.1 Å². The largest absolute Gasteiger partial charge is 0.333 e. The van der Waals surface area contributed by atoms with Crippen LogP contribution >= 0.6 is 0 Å². The zero-order valence-electron chi connectivity index (χ0n) is 12.9. The fourth-order valence-electron chi connectivity index (χ4n) is 2.33. The summed E-state index contributed by atoms with van der Waals surface area (Å²) < 4.78 is 54.3. The smallest absolute Gasteiger partial charge is 0.270 e. The summed E-state index contributed by atoms with van der Waals surface area (Å²) in [6.07, 6.45) is 5.76. The SMILES string of the molecule is CCC(CCNS(=O)(=O)c1cnn(C(F)F)c1C)n1cccn1. The van der Waals surface area contributed by atoms with Gasteiger partial charge in [0.05, 0.1) is 17.9 Å². The number of aromatic nitrogens is 4. The molecule has 7 nitrogen and oxygen atoms in total. The van der Waals surface area contributed by atoms with E-state index in [0.29, 0.717) is 11.1 Å². The summed E-state index contributed by atoms with van der Waals surface area (Å²) >= 11 is 0. The first-order chi connectivity index (χ1) is 10.9. The predicted octanol–water partition coefficient (Wildman–Crippen LogP) is 2.10. The molecule has 0 radical (unpaired) electrons. The summed E-state index contributed by atoms with van der Waals surface area (Å²) in [4.78, 5) is -0.232. The van der Waals surface area contributed by atoms with Gasteiger partial charge in [0, 0.05) is 18.9 Å². The minimum Gasteiger partial charge on any atom is -0.270 e. The molecule has 0 saturated heterocycles. The summed E-state index contributed by atoms with van der Waals surface area (Å²) in [5, 5.41) is 7.56. The number of hydrogen-bond acceptors (Lipinski definition) is 4. The maximum Gasteiger partial charge on any atom is 0.333 e. The van der Waals surface area contributed by atoms with E-state index < -0.39 is 16.6 Å². The van der Waals surface area contributed by atoms with Gasteiger partial charge in [-0.3, -0.25) is 4.68 Å². The molecule has 1 N–H and O–H groups in total. The summed E-state index contributed by atoms with van der Waals surface area (Å²) in [6.45, 7) is 0.590. The van der Waals surface area contributed by atoms with Crippen LogP contribution in [0.15, 0.2) is 29.6 Å². The van der Waals surface area contributed by atoms with Crippen molar-refractivity contribution < 1.29 is 17.2 Å². The van der Waals surface area contributed by atoms with Gasteiger partial charge >= 0.3 is 6.55 Å². The topological polar surface area (TPSA) is 81.8 Å². The number of nitrogens with one attached hydrogen (secondary N) is 1. The third-order valence-corrected chi connectivity index (χ3v) is 5.18. The molecule has 0 bridgehead atoms. The minimum absolute atomic E-state index is 0.0672. The molecule has 2 rings (SSSR count). The van der Waals surface area contributed by atoms with Crippen LogP contribution in [-0.2, 0) is 10.0 Å². The number of alkyl halides is 2. The highest BCUT2D eigenvalue weighted by Crippen LogP contribution is 2.20. The first-order valence-corrected chi connectivity index (χ1v) is 8.66. The van der Waals surface area contributed by atoms with Crippen LogP contribution in [0.5, 0.6) is 0 Å². The van der Waals surface area contributed by atoms with Crippen LogP contribution in [0, 0.1) is 6.92 Å². The van der Waals surface area contributed by atoms with E-state index in [1.807, 2.05) is 13.1 Å². The molecule has 0 spiro atoms. The summed E-state index contributed by atoms with van der Waals surface area (Å²) in [5.41, 5.74) is -0.0911. The molecule has 23 heavy (non-hydrogen) atoms. The van der Waals surface area contributed by atoms with Crippen LogP contribution in [0.2, 0.25) is 0 Å². The van der Waals surface area contributed by atoms with Crippen LogP contribution in [0.4, 0.5) is 8.78 Å². The van der Waals surface area contributed by atoms with Gasteiger partial charge in [-0.2, -0.15) is 19.0 Å². The number of halogens is 2. The molecule has 0 fully saturated rings. The molecule has 10 heteroatoms. The van der Waals surface area contributed by atoms with Gasteiger partial charge in [-0.15, -0.1) is 0 Å². The number of sulfonamides is 1. The summed E-state index contributed by atoms with van der Waals surface area (Å²) in [5.74, 6) is 0. The second-order valence-electron chi connectivity index (χ2n) is 5.05. The van der Waals surface area contributed by atoms with Crippen molar-refractivity contribution >= 4 is 10.0 Å². The lowest BCUT2D eigenvalue weighted by Gasteiger charge is -2.15. The van der Waals surface area contributed by atoms with Crippen molar-refractivity contribution in [3.8, 4) is 0 Å². The van der Waals surface area contributed by atoms with E-state index in [1.54, 1.807) is 16.9 Å². The van der Waals surface area contributed by atoms with Crippen molar-refractivity contribution in [3.05, 3.63) is 30.4 Å². The van der Waals surface area contributed by atoms with Crippen molar-refractivity contribution in [2.75, 3.05) is 6.54 Å². The molecule has 2 aromatic heterocycles. The lowest BCUT2D eigenvalue weighted by atomic mass is 10.1. The molecule has 0 aliphatic carbocycles. The fraction of sp³-hybridized carbons (Fsp3) is 0.538. The van der Waals surface area contributed by atoms with Crippen molar-refractivity contribution in [3.63, 3.8) is 0 Å². The van der Waals surface area contributed by atoms with E-state index in [2.05, 4.69) is 14.9 Å². The van der Waals surface area contributed by atoms with Gasteiger partial charge in [0.15, 0.2) is 0 Å². The predicted molar refractivity (Wildman–Crippen MR) is 79.6 cm³/mol. The molecule has 0 amide bonds. The highest BCUT2D eigenvalue weighted by atomic mass is 32.2. The molecule has 2 aromatic rings. The maximum absolute atomic E-state index is 12.7. The first-order valence-electron chi connectivity index (χ1n) is 7.18. The van der Waals surface area contributed by atoms with Gasteiger partial charge in [0.1, 0.15) is 4.90 Å². The number of hydrogen-bond donors (Lipinski definition) is 1. The second kappa shape index (κ2) is 7.18. The standard InChI is InChI=1S/C13H19F2N5O2S/c1-3-11(19-8-4-6-16-19)5-7-18-23(21,22)12-9-17-20(10(12)2)13(14)15/h4,6,8-9,11,13,18H,3,5,7H2,1-2H3. The quantitative estimate of drug-likeness (QED) is 0.793. The highest BCUT2D eigenvalue weighted by molar-refractivity contribution is 7.89. The van der Waals surface area contributed by atoms with Gasteiger partial charge < -0.3 is 0 Å². The monoisotopic (exact) mass is 347 g/mol. The molecule has 128 valence electrons. The zero-order valence-corrected chi connectivity index (χ0v) is 13.7. The van der Waals surface area contributed by atoms with E-state index in [1.165, 1.54) is 6.92 Å². The van der Waals surface area contributed by atoms with Gasteiger partial charge in [-0.1, -0.05) is 6.92 Å². The Balaban J connectivity index is 2.02. The third-order valence-electron chi connectivity index (χ3n) is 3.61. The Morgan fingerprint density at radius 2 is 2.09 bits per heavy atom. The Morgan fingerprint density at radius 1 is 1.35 bits per heavy atom. The molecule has 0 saturated carbocycles.